The summed E-state index contributed by atoms with van der Waals surface area (Å²) >= 11 is 0. The molecule has 1 unspecified atom stereocenters. The number of aromatic nitrogens is 1. The average Bonchev–Trinajstić information content (AvgIpc) is 3.05. The molecular formula is C16H14FN3O4. The maximum atomic E-state index is 13.1. The molecule has 0 radical (unpaired) electrons. The SMILES string of the molecule is O=C(O)C1CCCN1c1ccc([N+](=O)[O-])c(-c2ccc(F)cc2)n1. The summed E-state index contributed by atoms with van der Waals surface area (Å²) in [6.45, 7) is 0.518. The number of aliphatic carboxylic acids is 1. The molecule has 8 heteroatoms. The van der Waals surface area contributed by atoms with E-state index in [2.05, 4.69) is 4.98 Å². The molecule has 1 saturated heterocycles. The Labute approximate surface area is 136 Å². The van der Waals surface area contributed by atoms with Gasteiger partial charge in [0.2, 0.25) is 0 Å². The number of nitro groups is 1. The Morgan fingerprint density at radius 3 is 2.62 bits per heavy atom. The number of carboxylic acid groups (broad SMARTS) is 1. The van der Waals surface area contributed by atoms with E-state index >= 15 is 0 Å². The van der Waals surface area contributed by atoms with Crippen molar-refractivity contribution < 1.29 is 19.2 Å². The molecule has 1 atom stereocenters. The van der Waals surface area contributed by atoms with Crippen molar-refractivity contribution in [2.75, 3.05) is 11.4 Å². The molecule has 0 bridgehead atoms. The van der Waals surface area contributed by atoms with Gasteiger partial charge in [0.05, 0.1) is 4.92 Å². The molecule has 24 heavy (non-hydrogen) atoms. The van der Waals surface area contributed by atoms with E-state index < -0.39 is 22.8 Å². The Balaban J connectivity index is 2.07. The summed E-state index contributed by atoms with van der Waals surface area (Å²) < 4.78 is 13.1. The molecule has 0 aliphatic carbocycles. The van der Waals surface area contributed by atoms with Crippen LogP contribution in [0.15, 0.2) is 36.4 Å². The lowest BCUT2D eigenvalue weighted by Crippen LogP contribution is -2.36. The topological polar surface area (TPSA) is 96.6 Å². The highest BCUT2D eigenvalue weighted by Crippen LogP contribution is 2.32. The summed E-state index contributed by atoms with van der Waals surface area (Å²) in [7, 11) is 0. The molecule has 0 amide bonds. The second-order valence-electron chi connectivity index (χ2n) is 5.49. The van der Waals surface area contributed by atoms with Crippen molar-refractivity contribution in [3.8, 4) is 11.3 Å². The number of carboxylic acids is 1. The number of hydrogen-bond donors (Lipinski definition) is 1. The van der Waals surface area contributed by atoms with E-state index in [-0.39, 0.29) is 11.4 Å². The van der Waals surface area contributed by atoms with Crippen molar-refractivity contribution >= 4 is 17.5 Å². The highest BCUT2D eigenvalue weighted by Gasteiger charge is 2.32. The monoisotopic (exact) mass is 331 g/mol. The molecule has 0 spiro atoms. The third-order valence-corrected chi connectivity index (χ3v) is 4.01. The van der Waals surface area contributed by atoms with Crippen LogP contribution in [0.25, 0.3) is 11.3 Å². The van der Waals surface area contributed by atoms with Gasteiger partial charge >= 0.3 is 5.97 Å². The lowest BCUT2D eigenvalue weighted by atomic mass is 10.1. The smallest absolute Gasteiger partial charge is 0.326 e. The summed E-state index contributed by atoms with van der Waals surface area (Å²) in [4.78, 5) is 28.0. The van der Waals surface area contributed by atoms with E-state index in [0.717, 1.165) is 0 Å². The summed E-state index contributed by atoms with van der Waals surface area (Å²) in [5.74, 6) is -1.04. The number of hydrogen-bond acceptors (Lipinski definition) is 5. The van der Waals surface area contributed by atoms with Crippen LogP contribution in [0.5, 0.6) is 0 Å². The summed E-state index contributed by atoms with van der Waals surface area (Å²) in [5, 5.41) is 20.5. The van der Waals surface area contributed by atoms with Crippen LogP contribution in [-0.4, -0.2) is 33.6 Å². The molecule has 1 aromatic carbocycles. The zero-order chi connectivity index (χ0) is 17.3. The molecule has 2 aromatic rings. The van der Waals surface area contributed by atoms with Crippen LogP contribution in [0.2, 0.25) is 0 Å². The van der Waals surface area contributed by atoms with Crippen LogP contribution in [0.3, 0.4) is 0 Å². The van der Waals surface area contributed by atoms with Crippen LogP contribution in [0.4, 0.5) is 15.9 Å². The number of halogens is 1. The van der Waals surface area contributed by atoms with E-state index in [1.807, 2.05) is 0 Å². The van der Waals surface area contributed by atoms with Crippen molar-refractivity contribution in [2.45, 2.75) is 18.9 Å². The number of pyridine rings is 1. The predicted molar refractivity (Wildman–Crippen MR) is 84.3 cm³/mol. The highest BCUT2D eigenvalue weighted by atomic mass is 19.1. The maximum Gasteiger partial charge on any atom is 0.326 e. The van der Waals surface area contributed by atoms with Crippen LogP contribution >= 0.6 is 0 Å². The zero-order valence-electron chi connectivity index (χ0n) is 12.6. The van der Waals surface area contributed by atoms with Gasteiger partial charge in [0.1, 0.15) is 17.7 Å². The quantitative estimate of drug-likeness (QED) is 0.683. The fourth-order valence-electron chi connectivity index (χ4n) is 2.87. The third-order valence-electron chi connectivity index (χ3n) is 4.01. The molecule has 2 heterocycles. The lowest BCUT2D eigenvalue weighted by molar-refractivity contribution is -0.384. The van der Waals surface area contributed by atoms with Crippen LogP contribution in [0.1, 0.15) is 12.8 Å². The number of carbonyl (C=O) groups is 1. The molecule has 0 saturated carbocycles. The van der Waals surface area contributed by atoms with Crippen molar-refractivity contribution in [3.05, 3.63) is 52.3 Å². The van der Waals surface area contributed by atoms with Gasteiger partial charge in [-0.05, 0) is 43.2 Å². The van der Waals surface area contributed by atoms with E-state index in [0.29, 0.717) is 30.8 Å². The maximum absolute atomic E-state index is 13.1. The van der Waals surface area contributed by atoms with E-state index in [9.17, 15) is 24.4 Å². The summed E-state index contributed by atoms with van der Waals surface area (Å²) in [6.07, 6.45) is 1.21. The van der Waals surface area contributed by atoms with E-state index in [4.69, 9.17) is 0 Å². The van der Waals surface area contributed by atoms with Gasteiger partial charge < -0.3 is 10.0 Å². The van der Waals surface area contributed by atoms with Gasteiger partial charge in [0.25, 0.3) is 5.69 Å². The summed E-state index contributed by atoms with van der Waals surface area (Å²) in [5.41, 5.74) is 0.279. The number of benzene rings is 1. The van der Waals surface area contributed by atoms with E-state index in [1.165, 1.54) is 36.4 Å². The largest absolute Gasteiger partial charge is 0.480 e. The first kappa shape index (κ1) is 15.9. The second-order valence-corrected chi connectivity index (χ2v) is 5.49. The standard InChI is InChI=1S/C16H14FN3O4/c17-11-5-3-10(4-6-11)15-12(20(23)24)7-8-14(18-15)19-9-1-2-13(19)16(21)22/h3-8,13H,1-2,9H2,(H,21,22). The van der Waals surface area contributed by atoms with Crippen LogP contribution in [-0.2, 0) is 4.79 Å². The number of rotatable bonds is 4. The first-order valence-corrected chi connectivity index (χ1v) is 7.38. The van der Waals surface area contributed by atoms with Gasteiger partial charge in [-0.25, -0.2) is 14.2 Å². The molecule has 1 aromatic heterocycles. The van der Waals surface area contributed by atoms with Gasteiger partial charge in [-0.2, -0.15) is 0 Å². The van der Waals surface area contributed by atoms with Crippen molar-refractivity contribution in [1.82, 2.24) is 4.98 Å². The fraction of sp³-hybridized carbons (Fsp3) is 0.250. The Hall–Kier alpha value is -3.03. The first-order chi connectivity index (χ1) is 11.5. The van der Waals surface area contributed by atoms with Gasteiger partial charge in [-0.3, -0.25) is 10.1 Å². The van der Waals surface area contributed by atoms with E-state index in [1.54, 1.807) is 4.90 Å². The van der Waals surface area contributed by atoms with Crippen molar-refractivity contribution in [2.24, 2.45) is 0 Å². The number of nitrogens with zero attached hydrogens (tertiary/aromatic N) is 3. The minimum absolute atomic E-state index is 0.0912. The Morgan fingerprint density at radius 2 is 2.00 bits per heavy atom. The second kappa shape index (κ2) is 6.23. The molecule has 1 fully saturated rings. The third kappa shape index (κ3) is 2.90. The predicted octanol–water partition coefficient (Wildman–Crippen LogP) is 2.85. The fourth-order valence-corrected chi connectivity index (χ4v) is 2.87. The molecular weight excluding hydrogens is 317 g/mol. The molecule has 1 aliphatic heterocycles. The minimum Gasteiger partial charge on any atom is -0.480 e. The molecule has 1 aliphatic rings. The van der Waals surface area contributed by atoms with Gasteiger partial charge in [-0.15, -0.1) is 0 Å². The Morgan fingerprint density at radius 1 is 1.29 bits per heavy atom. The van der Waals surface area contributed by atoms with Crippen LogP contribution < -0.4 is 4.90 Å². The van der Waals surface area contributed by atoms with Crippen molar-refractivity contribution in [3.63, 3.8) is 0 Å². The zero-order valence-corrected chi connectivity index (χ0v) is 12.6. The molecule has 7 nitrogen and oxygen atoms in total. The number of anilines is 1. The lowest BCUT2D eigenvalue weighted by Gasteiger charge is -2.22. The average molecular weight is 331 g/mol. The Bertz CT molecular complexity index is 794. The molecule has 124 valence electrons. The first-order valence-electron chi connectivity index (χ1n) is 7.38. The van der Waals surface area contributed by atoms with Crippen LogP contribution in [0, 0.1) is 15.9 Å². The van der Waals surface area contributed by atoms with Gasteiger partial charge in [0, 0.05) is 18.2 Å². The molecule has 3 rings (SSSR count). The Kier molecular flexibility index (Phi) is 4.11. The van der Waals surface area contributed by atoms with Crippen molar-refractivity contribution in [1.29, 1.82) is 0 Å². The highest BCUT2D eigenvalue weighted by molar-refractivity contribution is 5.79. The minimum atomic E-state index is -0.948. The normalized spacial score (nSPS) is 17.0. The van der Waals surface area contributed by atoms with Gasteiger partial charge in [0.15, 0.2) is 5.69 Å². The molecule has 1 N–H and O–H groups in total. The van der Waals surface area contributed by atoms with Gasteiger partial charge in [-0.1, -0.05) is 0 Å². The summed E-state index contributed by atoms with van der Waals surface area (Å²) in [6, 6.07) is 7.28.